The standard InChI is InChI=1S/C13H23N3O/c1-2-8-16-12(4-7-15-16)11(9-14)13(10-17)5-3-6-13/h4,7,11,17H,2-3,5-6,8-10,14H2,1H3/t11-/m1/s1. The maximum absolute atomic E-state index is 9.67. The number of aryl methyl sites for hydroxylation is 1. The van der Waals surface area contributed by atoms with Crippen molar-refractivity contribution in [3.63, 3.8) is 0 Å². The van der Waals surface area contributed by atoms with Gasteiger partial charge in [0.25, 0.3) is 0 Å². The fourth-order valence-electron chi connectivity index (χ4n) is 2.97. The van der Waals surface area contributed by atoms with E-state index in [0.717, 1.165) is 25.8 Å². The quantitative estimate of drug-likeness (QED) is 0.788. The first kappa shape index (κ1) is 12.6. The summed E-state index contributed by atoms with van der Waals surface area (Å²) in [5.74, 6) is 0.246. The number of nitrogens with two attached hydrogens (primary N) is 1. The summed E-state index contributed by atoms with van der Waals surface area (Å²) in [7, 11) is 0. The van der Waals surface area contributed by atoms with Crippen molar-refractivity contribution >= 4 is 0 Å². The van der Waals surface area contributed by atoms with E-state index >= 15 is 0 Å². The SMILES string of the molecule is CCCn1nccc1[C@@H](CN)C1(CO)CCC1. The molecular formula is C13H23N3O. The molecule has 1 heterocycles. The van der Waals surface area contributed by atoms with Gasteiger partial charge in [-0.15, -0.1) is 0 Å². The molecule has 1 fully saturated rings. The molecule has 1 aromatic rings. The second-order valence-electron chi connectivity index (χ2n) is 5.14. The Balaban J connectivity index is 2.25. The Labute approximate surface area is 103 Å². The summed E-state index contributed by atoms with van der Waals surface area (Å²) in [5, 5.41) is 14.0. The molecule has 17 heavy (non-hydrogen) atoms. The smallest absolute Gasteiger partial charge is 0.0494 e. The van der Waals surface area contributed by atoms with E-state index in [1.807, 2.05) is 10.9 Å². The Morgan fingerprint density at radius 3 is 2.82 bits per heavy atom. The highest BCUT2D eigenvalue weighted by Crippen LogP contribution is 2.50. The third-order valence-corrected chi connectivity index (χ3v) is 4.18. The zero-order chi connectivity index (χ0) is 12.3. The molecule has 0 saturated heterocycles. The van der Waals surface area contributed by atoms with E-state index in [4.69, 9.17) is 5.73 Å². The van der Waals surface area contributed by atoms with Gasteiger partial charge >= 0.3 is 0 Å². The molecule has 96 valence electrons. The second-order valence-corrected chi connectivity index (χ2v) is 5.14. The van der Waals surface area contributed by atoms with Crippen molar-refractivity contribution in [2.24, 2.45) is 11.1 Å². The predicted molar refractivity (Wildman–Crippen MR) is 67.7 cm³/mol. The Morgan fingerprint density at radius 2 is 2.35 bits per heavy atom. The summed E-state index contributed by atoms with van der Waals surface area (Å²) < 4.78 is 2.05. The lowest BCUT2D eigenvalue weighted by Gasteiger charge is -2.46. The fourth-order valence-corrected chi connectivity index (χ4v) is 2.97. The molecule has 0 aromatic carbocycles. The molecule has 0 unspecified atom stereocenters. The minimum absolute atomic E-state index is 0.0142. The predicted octanol–water partition coefficient (Wildman–Crippen LogP) is 1.50. The summed E-state index contributed by atoms with van der Waals surface area (Å²) in [6.45, 7) is 3.91. The van der Waals surface area contributed by atoms with E-state index in [-0.39, 0.29) is 17.9 Å². The molecule has 3 N–H and O–H groups in total. The summed E-state index contributed by atoms with van der Waals surface area (Å²) in [4.78, 5) is 0. The van der Waals surface area contributed by atoms with Gasteiger partial charge in [-0.2, -0.15) is 5.10 Å². The van der Waals surface area contributed by atoms with Crippen LogP contribution in [0.1, 0.15) is 44.2 Å². The number of aliphatic hydroxyl groups excluding tert-OH is 1. The summed E-state index contributed by atoms with van der Waals surface area (Å²) >= 11 is 0. The molecule has 4 heteroatoms. The average Bonchev–Trinajstić information content (AvgIpc) is 2.72. The Morgan fingerprint density at radius 1 is 1.59 bits per heavy atom. The molecule has 1 aliphatic rings. The first-order valence-electron chi connectivity index (χ1n) is 6.60. The monoisotopic (exact) mass is 237 g/mol. The van der Waals surface area contributed by atoms with Gasteiger partial charge in [0.15, 0.2) is 0 Å². The first-order chi connectivity index (χ1) is 8.27. The normalized spacial score (nSPS) is 19.9. The number of hydrogen-bond donors (Lipinski definition) is 2. The van der Waals surface area contributed by atoms with Crippen LogP contribution in [0.25, 0.3) is 0 Å². The number of nitrogens with zero attached hydrogens (tertiary/aromatic N) is 2. The van der Waals surface area contributed by atoms with Crippen molar-refractivity contribution in [3.05, 3.63) is 18.0 Å². The van der Waals surface area contributed by atoms with Gasteiger partial charge in [-0.05, 0) is 25.3 Å². The summed E-state index contributed by atoms with van der Waals surface area (Å²) in [6.07, 6.45) is 6.29. The van der Waals surface area contributed by atoms with Crippen LogP contribution in [0.2, 0.25) is 0 Å². The molecule has 1 atom stereocenters. The van der Waals surface area contributed by atoms with Crippen molar-refractivity contribution in [3.8, 4) is 0 Å². The second kappa shape index (κ2) is 5.19. The van der Waals surface area contributed by atoms with Gasteiger partial charge in [-0.3, -0.25) is 4.68 Å². The molecule has 0 spiro atoms. The average molecular weight is 237 g/mol. The van der Waals surface area contributed by atoms with Crippen LogP contribution in [0.15, 0.2) is 12.3 Å². The lowest BCUT2D eigenvalue weighted by Crippen LogP contribution is -2.43. The molecule has 0 bridgehead atoms. The van der Waals surface area contributed by atoms with Crippen LogP contribution in [0, 0.1) is 5.41 Å². The van der Waals surface area contributed by atoms with Gasteiger partial charge in [0.2, 0.25) is 0 Å². The Bertz CT molecular complexity index is 352. The molecule has 1 saturated carbocycles. The summed E-state index contributed by atoms with van der Waals surface area (Å²) in [6, 6.07) is 2.06. The Kier molecular flexibility index (Phi) is 3.84. The van der Waals surface area contributed by atoms with E-state index in [2.05, 4.69) is 18.1 Å². The maximum atomic E-state index is 9.67. The van der Waals surface area contributed by atoms with Crippen molar-refractivity contribution in [2.75, 3.05) is 13.2 Å². The molecule has 1 aliphatic carbocycles. The van der Waals surface area contributed by atoms with Crippen LogP contribution in [-0.2, 0) is 6.54 Å². The Hall–Kier alpha value is -0.870. The van der Waals surface area contributed by atoms with Crippen molar-refractivity contribution in [1.82, 2.24) is 9.78 Å². The zero-order valence-corrected chi connectivity index (χ0v) is 10.6. The third kappa shape index (κ3) is 2.11. The molecule has 0 radical (unpaired) electrons. The molecular weight excluding hydrogens is 214 g/mol. The maximum Gasteiger partial charge on any atom is 0.0494 e. The molecule has 2 rings (SSSR count). The van der Waals surface area contributed by atoms with Crippen LogP contribution in [0.5, 0.6) is 0 Å². The summed E-state index contributed by atoms with van der Waals surface area (Å²) in [5.41, 5.74) is 7.16. The largest absolute Gasteiger partial charge is 0.396 e. The van der Waals surface area contributed by atoms with E-state index in [0.29, 0.717) is 6.54 Å². The van der Waals surface area contributed by atoms with Crippen molar-refractivity contribution in [1.29, 1.82) is 0 Å². The topological polar surface area (TPSA) is 64.1 Å². The van der Waals surface area contributed by atoms with E-state index in [1.54, 1.807) is 0 Å². The molecule has 0 amide bonds. The molecule has 4 nitrogen and oxygen atoms in total. The van der Waals surface area contributed by atoms with Gasteiger partial charge in [-0.25, -0.2) is 0 Å². The molecule has 0 aliphatic heterocycles. The van der Waals surface area contributed by atoms with E-state index in [9.17, 15) is 5.11 Å². The number of hydrogen-bond acceptors (Lipinski definition) is 3. The van der Waals surface area contributed by atoms with Gasteiger partial charge in [-0.1, -0.05) is 13.3 Å². The highest BCUT2D eigenvalue weighted by molar-refractivity contribution is 5.16. The highest BCUT2D eigenvalue weighted by atomic mass is 16.3. The number of aromatic nitrogens is 2. The first-order valence-corrected chi connectivity index (χ1v) is 6.60. The lowest BCUT2D eigenvalue weighted by atomic mass is 9.60. The molecule has 1 aromatic heterocycles. The third-order valence-electron chi connectivity index (χ3n) is 4.18. The van der Waals surface area contributed by atoms with Gasteiger partial charge in [0.1, 0.15) is 0 Å². The van der Waals surface area contributed by atoms with E-state index in [1.165, 1.54) is 12.1 Å². The minimum Gasteiger partial charge on any atom is -0.396 e. The number of rotatable bonds is 6. The van der Waals surface area contributed by atoms with Gasteiger partial charge < -0.3 is 10.8 Å². The highest BCUT2D eigenvalue weighted by Gasteiger charge is 2.44. The lowest BCUT2D eigenvalue weighted by molar-refractivity contribution is 0.0165. The van der Waals surface area contributed by atoms with Crippen molar-refractivity contribution in [2.45, 2.75) is 45.1 Å². The van der Waals surface area contributed by atoms with Crippen LogP contribution in [-0.4, -0.2) is 28.0 Å². The van der Waals surface area contributed by atoms with Crippen molar-refractivity contribution < 1.29 is 5.11 Å². The van der Waals surface area contributed by atoms with Crippen LogP contribution in [0.3, 0.4) is 0 Å². The number of aliphatic hydroxyl groups is 1. The minimum atomic E-state index is 0.0142. The van der Waals surface area contributed by atoms with Gasteiger partial charge in [0, 0.05) is 42.9 Å². The fraction of sp³-hybridized carbons (Fsp3) is 0.769. The van der Waals surface area contributed by atoms with Crippen LogP contribution in [0.4, 0.5) is 0 Å². The van der Waals surface area contributed by atoms with Crippen LogP contribution < -0.4 is 5.73 Å². The van der Waals surface area contributed by atoms with E-state index < -0.39 is 0 Å². The zero-order valence-electron chi connectivity index (χ0n) is 10.6. The van der Waals surface area contributed by atoms with Crippen LogP contribution >= 0.6 is 0 Å². The van der Waals surface area contributed by atoms with Gasteiger partial charge in [0.05, 0.1) is 0 Å².